The number of nitrogens with zero attached hydrogens (tertiary/aromatic N) is 4. The van der Waals surface area contributed by atoms with Crippen molar-refractivity contribution in [2.45, 2.75) is 31.3 Å². The Morgan fingerprint density at radius 3 is 2.77 bits per heavy atom. The van der Waals surface area contributed by atoms with Crippen molar-refractivity contribution in [3.8, 4) is 5.75 Å². The Balaban J connectivity index is 1.28. The van der Waals surface area contributed by atoms with Crippen LogP contribution in [0.1, 0.15) is 30.9 Å². The number of nitro groups is 1. The maximum absolute atomic E-state index is 12.0. The van der Waals surface area contributed by atoms with E-state index in [1.165, 1.54) is 30.6 Å². The summed E-state index contributed by atoms with van der Waals surface area (Å²) in [5.41, 5.74) is 0.865. The molecule has 1 fully saturated rings. The van der Waals surface area contributed by atoms with Gasteiger partial charge < -0.3 is 14.8 Å². The van der Waals surface area contributed by atoms with Crippen molar-refractivity contribution in [1.82, 2.24) is 20.2 Å². The summed E-state index contributed by atoms with van der Waals surface area (Å²) in [5.74, 6) is 1.65. The van der Waals surface area contributed by atoms with Crippen molar-refractivity contribution in [3.63, 3.8) is 0 Å². The van der Waals surface area contributed by atoms with Crippen LogP contribution < -0.4 is 10.1 Å². The first-order valence-corrected chi connectivity index (χ1v) is 9.28. The Bertz CT molecular complexity index is 1020. The topological polar surface area (TPSA) is 145 Å². The lowest BCUT2D eigenvalue weighted by molar-refractivity contribution is -0.384. The van der Waals surface area contributed by atoms with Gasteiger partial charge in [0.2, 0.25) is 0 Å². The third-order valence-electron chi connectivity index (χ3n) is 4.77. The number of hydrogen-bond donors (Lipinski definition) is 2. The fourth-order valence-corrected chi connectivity index (χ4v) is 3.33. The predicted octanol–water partition coefficient (Wildman–Crippen LogP) is 3.70. The first kappa shape index (κ1) is 19.3. The van der Waals surface area contributed by atoms with E-state index in [1.807, 2.05) is 6.07 Å². The largest absolute Gasteiger partial charge is 0.514 e. The molecule has 0 saturated heterocycles. The lowest BCUT2D eigenvalue weighted by Gasteiger charge is -2.12. The first-order valence-electron chi connectivity index (χ1n) is 9.28. The summed E-state index contributed by atoms with van der Waals surface area (Å²) in [6.45, 7) is 0. The zero-order valence-electron chi connectivity index (χ0n) is 15.7. The Morgan fingerprint density at radius 1 is 1.20 bits per heavy atom. The normalized spacial score (nSPS) is 18.0. The molecule has 1 aliphatic rings. The highest BCUT2D eigenvalue weighted by Crippen LogP contribution is 2.36. The molecular formula is C19H18N6O5. The van der Waals surface area contributed by atoms with E-state index in [0.717, 1.165) is 12.1 Å². The molecule has 0 aliphatic heterocycles. The van der Waals surface area contributed by atoms with Crippen molar-refractivity contribution in [2.75, 3.05) is 5.32 Å². The number of aromatic amines is 1. The Labute approximate surface area is 170 Å². The lowest BCUT2D eigenvalue weighted by atomic mass is 10.0. The smallest absolute Gasteiger partial charge is 0.431 e. The minimum Gasteiger partial charge on any atom is -0.431 e. The van der Waals surface area contributed by atoms with Crippen LogP contribution in [0.2, 0.25) is 0 Å². The molecule has 0 amide bonds. The van der Waals surface area contributed by atoms with E-state index in [2.05, 4.69) is 25.5 Å². The molecule has 0 spiro atoms. The van der Waals surface area contributed by atoms with Gasteiger partial charge in [-0.05, 0) is 37.5 Å². The van der Waals surface area contributed by atoms with Crippen LogP contribution in [-0.4, -0.2) is 37.3 Å². The molecule has 30 heavy (non-hydrogen) atoms. The van der Waals surface area contributed by atoms with Crippen molar-refractivity contribution in [1.29, 1.82) is 0 Å². The summed E-state index contributed by atoms with van der Waals surface area (Å²) in [4.78, 5) is 30.1. The summed E-state index contributed by atoms with van der Waals surface area (Å²) >= 11 is 0. The summed E-state index contributed by atoms with van der Waals surface area (Å²) in [6.07, 6.45) is 4.16. The van der Waals surface area contributed by atoms with Gasteiger partial charge in [-0.25, -0.2) is 14.8 Å². The number of nitro benzene ring substituents is 1. The van der Waals surface area contributed by atoms with E-state index in [-0.39, 0.29) is 23.5 Å². The second kappa shape index (κ2) is 8.55. The number of nitrogens with one attached hydrogen (secondary N) is 2. The van der Waals surface area contributed by atoms with Gasteiger partial charge in [0.15, 0.2) is 5.82 Å². The average Bonchev–Trinajstić information content (AvgIpc) is 3.38. The number of non-ortho nitro benzene ring substituents is 1. The number of aromatic nitrogens is 4. The Hall–Kier alpha value is -4.02. The molecule has 0 bridgehead atoms. The van der Waals surface area contributed by atoms with Crippen LogP contribution in [0, 0.1) is 10.1 Å². The second-order valence-electron chi connectivity index (χ2n) is 6.78. The highest BCUT2D eigenvalue weighted by atomic mass is 16.7. The van der Waals surface area contributed by atoms with E-state index in [0.29, 0.717) is 24.5 Å². The molecule has 1 aromatic carbocycles. The maximum Gasteiger partial charge on any atom is 0.514 e. The van der Waals surface area contributed by atoms with Gasteiger partial charge in [-0.3, -0.25) is 15.2 Å². The minimum absolute atomic E-state index is 0.0810. The molecule has 3 aromatic rings. The SMILES string of the molecule is O=C(Oc1ccc([N+](=O)[O-])cc1)O[C@@H]1CC[C@H](c2cc(Nc3ccncn3)n[nH]2)C1. The molecule has 11 heteroatoms. The van der Waals surface area contributed by atoms with Gasteiger partial charge in [-0.2, -0.15) is 5.10 Å². The summed E-state index contributed by atoms with van der Waals surface area (Å²) < 4.78 is 10.5. The fraction of sp³-hybridized carbons (Fsp3) is 0.263. The van der Waals surface area contributed by atoms with Crippen LogP contribution >= 0.6 is 0 Å². The molecule has 0 radical (unpaired) electrons. The Kier molecular flexibility index (Phi) is 5.50. The van der Waals surface area contributed by atoms with Crippen LogP contribution in [0.4, 0.5) is 22.1 Å². The number of anilines is 2. The third kappa shape index (κ3) is 4.69. The maximum atomic E-state index is 12.0. The van der Waals surface area contributed by atoms with E-state index in [9.17, 15) is 14.9 Å². The van der Waals surface area contributed by atoms with Gasteiger partial charge in [-0.1, -0.05) is 0 Å². The van der Waals surface area contributed by atoms with Crippen LogP contribution in [0.25, 0.3) is 0 Å². The molecule has 2 N–H and O–H groups in total. The monoisotopic (exact) mass is 410 g/mol. The van der Waals surface area contributed by atoms with Gasteiger partial charge in [0.1, 0.15) is 24.0 Å². The quantitative estimate of drug-likeness (QED) is 0.269. The van der Waals surface area contributed by atoms with Gasteiger partial charge in [0, 0.05) is 36.0 Å². The summed E-state index contributed by atoms with van der Waals surface area (Å²) in [5, 5.41) is 21.0. The average molecular weight is 410 g/mol. The van der Waals surface area contributed by atoms with E-state index in [1.54, 1.807) is 12.3 Å². The number of H-pyrrole nitrogens is 1. The molecule has 2 atom stereocenters. The summed E-state index contributed by atoms with van der Waals surface area (Å²) in [6, 6.07) is 8.88. The van der Waals surface area contributed by atoms with Crippen molar-refractivity contribution in [2.24, 2.45) is 0 Å². The number of rotatable bonds is 6. The second-order valence-corrected chi connectivity index (χ2v) is 6.78. The molecular weight excluding hydrogens is 392 g/mol. The van der Waals surface area contributed by atoms with Crippen LogP contribution in [0.3, 0.4) is 0 Å². The number of hydrogen-bond acceptors (Lipinski definition) is 9. The third-order valence-corrected chi connectivity index (χ3v) is 4.77. The molecule has 11 nitrogen and oxygen atoms in total. The molecule has 0 unspecified atom stereocenters. The first-order chi connectivity index (χ1) is 14.6. The summed E-state index contributed by atoms with van der Waals surface area (Å²) in [7, 11) is 0. The van der Waals surface area contributed by atoms with Crippen LogP contribution in [0.15, 0.2) is 48.9 Å². The number of carbonyl (C=O) groups excluding carboxylic acids is 1. The minimum atomic E-state index is -0.828. The van der Waals surface area contributed by atoms with Gasteiger partial charge >= 0.3 is 6.16 Å². The standard InChI is InChI=1S/C19H18N6O5/c26-19(29-14-5-2-13(3-6-14)25(27)28)30-15-4-1-12(9-15)16-10-18(24-23-16)22-17-7-8-20-11-21-17/h2-3,5-8,10-12,15H,1,4,9H2,(H2,20,21,22,23,24)/t12-,15+/m0/s1. The predicted molar refractivity (Wildman–Crippen MR) is 104 cm³/mol. The van der Waals surface area contributed by atoms with E-state index >= 15 is 0 Å². The zero-order chi connectivity index (χ0) is 20.9. The lowest BCUT2D eigenvalue weighted by Crippen LogP contribution is -2.18. The van der Waals surface area contributed by atoms with Crippen LogP contribution in [-0.2, 0) is 4.74 Å². The van der Waals surface area contributed by atoms with E-state index in [4.69, 9.17) is 9.47 Å². The van der Waals surface area contributed by atoms with Crippen molar-refractivity contribution in [3.05, 3.63) is 64.7 Å². The molecule has 2 heterocycles. The molecule has 1 saturated carbocycles. The fourth-order valence-electron chi connectivity index (χ4n) is 3.33. The Morgan fingerprint density at radius 2 is 2.03 bits per heavy atom. The van der Waals surface area contributed by atoms with Crippen molar-refractivity contribution >= 4 is 23.5 Å². The number of ether oxygens (including phenoxy) is 2. The molecule has 154 valence electrons. The van der Waals surface area contributed by atoms with Crippen molar-refractivity contribution < 1.29 is 19.2 Å². The molecule has 4 rings (SSSR count). The number of benzene rings is 1. The molecule has 2 aromatic heterocycles. The van der Waals surface area contributed by atoms with Gasteiger partial charge in [0.25, 0.3) is 5.69 Å². The van der Waals surface area contributed by atoms with Gasteiger partial charge in [0.05, 0.1) is 4.92 Å². The highest BCUT2D eigenvalue weighted by Gasteiger charge is 2.30. The molecule has 1 aliphatic carbocycles. The van der Waals surface area contributed by atoms with Crippen LogP contribution in [0.5, 0.6) is 5.75 Å². The highest BCUT2D eigenvalue weighted by molar-refractivity contribution is 5.64. The van der Waals surface area contributed by atoms with Gasteiger partial charge in [-0.15, -0.1) is 0 Å². The number of carbonyl (C=O) groups is 1. The van der Waals surface area contributed by atoms with E-state index < -0.39 is 11.1 Å². The zero-order valence-corrected chi connectivity index (χ0v) is 15.7.